The lowest BCUT2D eigenvalue weighted by molar-refractivity contribution is 0.0275. The van der Waals surface area contributed by atoms with Crippen LogP contribution in [0.2, 0.25) is 0 Å². The molecule has 0 saturated heterocycles. The summed E-state index contributed by atoms with van der Waals surface area (Å²) in [5, 5.41) is 30.6. The van der Waals surface area contributed by atoms with Gasteiger partial charge < -0.3 is 20.1 Å². The Morgan fingerprint density at radius 2 is 2.00 bits per heavy atom. The molecule has 3 N–H and O–H groups in total. The molecule has 4 heteroatoms. The molecule has 3 aliphatic rings. The summed E-state index contributed by atoms with van der Waals surface area (Å²) in [6.07, 6.45) is 10.3. The van der Waals surface area contributed by atoms with Gasteiger partial charge in [0.25, 0.3) is 0 Å². The maximum Gasteiger partial charge on any atom is 0.0840 e. The number of rotatable bonds is 7. The molecule has 1 aromatic rings. The van der Waals surface area contributed by atoms with Crippen LogP contribution in [-0.2, 0) is 16.9 Å². The summed E-state index contributed by atoms with van der Waals surface area (Å²) < 4.78 is 6.21. The minimum atomic E-state index is -0.845. The van der Waals surface area contributed by atoms with E-state index in [-0.39, 0.29) is 5.41 Å². The Morgan fingerprint density at radius 3 is 2.75 bits per heavy atom. The fourth-order valence-corrected chi connectivity index (χ4v) is 7.20. The van der Waals surface area contributed by atoms with E-state index in [4.69, 9.17) is 4.74 Å². The Bertz CT molecular complexity index is 1000. The minimum absolute atomic E-state index is 0.287. The summed E-state index contributed by atoms with van der Waals surface area (Å²) in [6.45, 7) is 13.9. The summed E-state index contributed by atoms with van der Waals surface area (Å²) in [5.74, 6) is 1.71. The third-order valence-electron chi connectivity index (χ3n) is 9.27. The van der Waals surface area contributed by atoms with Crippen LogP contribution in [0, 0.1) is 23.2 Å². The maximum atomic E-state index is 10.3. The molecule has 3 saturated carbocycles. The van der Waals surface area contributed by atoms with Gasteiger partial charge in [-0.1, -0.05) is 62.4 Å². The topological polar surface area (TPSA) is 69.9 Å². The summed E-state index contributed by atoms with van der Waals surface area (Å²) in [4.78, 5) is 0. The predicted molar refractivity (Wildman–Crippen MR) is 145 cm³/mol. The third kappa shape index (κ3) is 5.88. The highest BCUT2D eigenvalue weighted by atomic mass is 16.5. The van der Waals surface area contributed by atoms with Crippen LogP contribution >= 0.6 is 0 Å². The highest BCUT2D eigenvalue weighted by molar-refractivity contribution is 5.38. The van der Waals surface area contributed by atoms with Gasteiger partial charge in [0.05, 0.1) is 24.4 Å². The van der Waals surface area contributed by atoms with E-state index in [2.05, 4.69) is 38.6 Å². The smallest absolute Gasteiger partial charge is 0.0840 e. The van der Waals surface area contributed by atoms with Crippen LogP contribution in [0.15, 0.2) is 59.7 Å². The van der Waals surface area contributed by atoms with Gasteiger partial charge in [-0.25, -0.2) is 0 Å². The fourth-order valence-electron chi connectivity index (χ4n) is 7.20. The lowest BCUT2D eigenvalue weighted by atomic mass is 9.61. The lowest BCUT2D eigenvalue weighted by Crippen LogP contribution is -2.37. The molecule has 0 aliphatic heterocycles. The quantitative estimate of drug-likeness (QED) is 0.422. The second-order valence-electron chi connectivity index (χ2n) is 12.4. The SMILES string of the molecule is C=C1/C(=C\C=C2/CCC[C@@]3(C)C2CC[C@@H]3[C@@H](C)COCc2cccc(C(C)(C)O)c2)C[C@@H](O)C[C@@H]1O. The van der Waals surface area contributed by atoms with E-state index in [1.807, 2.05) is 32.0 Å². The average molecular weight is 495 g/mol. The van der Waals surface area contributed by atoms with Gasteiger partial charge in [-0.2, -0.15) is 0 Å². The standard InChI is InChI=1S/C32H46O4/c1-21(19-36-20-23-8-6-10-26(16-23)31(3,4)35)28-13-14-29-24(9-7-15-32(28,29)5)11-12-25-17-27(33)18-30(34)22(25)2/h6,8,10-12,16,21,27-30,33-35H,2,7,9,13-15,17-20H2,1,3-5H3/b24-11+,25-12-/t21-,27+,28+,29?,30-,32+/m0/s1. The number of hydrogen-bond donors (Lipinski definition) is 3. The lowest BCUT2D eigenvalue weighted by Gasteiger charge is -2.44. The van der Waals surface area contributed by atoms with Gasteiger partial charge in [0, 0.05) is 13.0 Å². The molecule has 0 bridgehead atoms. The molecule has 0 spiro atoms. The summed E-state index contributed by atoms with van der Waals surface area (Å²) in [7, 11) is 0. The second kappa shape index (κ2) is 10.9. The first-order valence-electron chi connectivity index (χ1n) is 13.8. The summed E-state index contributed by atoms with van der Waals surface area (Å²) in [5.41, 5.74) is 4.74. The fraction of sp³-hybridized carbons (Fsp3) is 0.625. The molecule has 198 valence electrons. The molecule has 1 unspecified atom stereocenters. The Morgan fingerprint density at radius 1 is 1.22 bits per heavy atom. The van der Waals surface area contributed by atoms with Crippen molar-refractivity contribution in [2.75, 3.05) is 6.61 Å². The third-order valence-corrected chi connectivity index (χ3v) is 9.27. The number of hydrogen-bond acceptors (Lipinski definition) is 4. The first-order chi connectivity index (χ1) is 17.0. The zero-order chi connectivity index (χ0) is 26.1. The van der Waals surface area contributed by atoms with E-state index >= 15 is 0 Å². The van der Waals surface area contributed by atoms with E-state index in [0.29, 0.717) is 37.2 Å². The molecular formula is C32H46O4. The van der Waals surface area contributed by atoms with Crippen LogP contribution < -0.4 is 0 Å². The molecule has 0 radical (unpaired) electrons. The van der Waals surface area contributed by atoms with Crippen LogP contribution in [0.1, 0.15) is 83.8 Å². The molecule has 4 rings (SSSR count). The monoisotopic (exact) mass is 494 g/mol. The number of fused-ring (bicyclic) bond motifs is 1. The zero-order valence-electron chi connectivity index (χ0n) is 22.7. The van der Waals surface area contributed by atoms with E-state index in [0.717, 1.165) is 35.3 Å². The zero-order valence-corrected chi connectivity index (χ0v) is 22.7. The molecule has 3 fully saturated rings. The molecule has 1 aromatic carbocycles. The highest BCUT2D eigenvalue weighted by Crippen LogP contribution is 2.59. The van der Waals surface area contributed by atoms with Crippen molar-refractivity contribution < 1.29 is 20.1 Å². The van der Waals surface area contributed by atoms with Crippen molar-refractivity contribution in [3.05, 3.63) is 70.8 Å². The van der Waals surface area contributed by atoms with Gasteiger partial charge in [0.15, 0.2) is 0 Å². The number of allylic oxidation sites excluding steroid dienone is 3. The van der Waals surface area contributed by atoms with Crippen LogP contribution in [0.3, 0.4) is 0 Å². The number of aliphatic hydroxyl groups excluding tert-OH is 2. The van der Waals surface area contributed by atoms with Gasteiger partial charge in [-0.3, -0.25) is 0 Å². The first kappa shape index (κ1) is 27.3. The van der Waals surface area contributed by atoms with Crippen molar-refractivity contribution in [2.45, 2.75) is 97.1 Å². The van der Waals surface area contributed by atoms with Crippen LogP contribution in [-0.4, -0.2) is 34.1 Å². The molecule has 3 aliphatic carbocycles. The highest BCUT2D eigenvalue weighted by Gasteiger charge is 2.50. The van der Waals surface area contributed by atoms with Gasteiger partial charge in [0.2, 0.25) is 0 Å². The number of aliphatic hydroxyl groups is 3. The average Bonchev–Trinajstić information content (AvgIpc) is 3.17. The Kier molecular flexibility index (Phi) is 8.31. The first-order valence-corrected chi connectivity index (χ1v) is 13.8. The van der Waals surface area contributed by atoms with Crippen LogP contribution in [0.4, 0.5) is 0 Å². The van der Waals surface area contributed by atoms with Crippen LogP contribution in [0.25, 0.3) is 0 Å². The Balaban J connectivity index is 1.39. The normalized spacial score (nSPS) is 34.2. The van der Waals surface area contributed by atoms with Crippen LogP contribution in [0.5, 0.6) is 0 Å². The largest absolute Gasteiger partial charge is 0.393 e. The Hall–Kier alpha value is -1.72. The molecule has 0 heterocycles. The van der Waals surface area contributed by atoms with E-state index < -0.39 is 17.8 Å². The van der Waals surface area contributed by atoms with E-state index in [1.54, 1.807) is 0 Å². The van der Waals surface area contributed by atoms with Gasteiger partial charge in [-0.15, -0.1) is 0 Å². The van der Waals surface area contributed by atoms with Crippen molar-refractivity contribution in [2.24, 2.45) is 23.2 Å². The van der Waals surface area contributed by atoms with Gasteiger partial charge >= 0.3 is 0 Å². The van der Waals surface area contributed by atoms with Crippen molar-refractivity contribution in [1.29, 1.82) is 0 Å². The van der Waals surface area contributed by atoms with Crippen molar-refractivity contribution in [1.82, 2.24) is 0 Å². The Labute approximate surface area is 217 Å². The molecule has 36 heavy (non-hydrogen) atoms. The van der Waals surface area contributed by atoms with E-state index in [1.165, 1.54) is 31.3 Å². The summed E-state index contributed by atoms with van der Waals surface area (Å²) in [6, 6.07) is 8.07. The second-order valence-corrected chi connectivity index (χ2v) is 12.4. The maximum absolute atomic E-state index is 10.3. The number of benzene rings is 1. The minimum Gasteiger partial charge on any atom is -0.393 e. The molecule has 4 nitrogen and oxygen atoms in total. The molecule has 0 amide bonds. The molecular weight excluding hydrogens is 448 g/mol. The van der Waals surface area contributed by atoms with Crippen molar-refractivity contribution >= 4 is 0 Å². The number of ether oxygens (including phenoxy) is 1. The summed E-state index contributed by atoms with van der Waals surface area (Å²) >= 11 is 0. The predicted octanol–water partition coefficient (Wildman–Crippen LogP) is 6.21. The molecule has 0 aromatic heterocycles. The van der Waals surface area contributed by atoms with Gasteiger partial charge in [-0.05, 0) is 97.8 Å². The van der Waals surface area contributed by atoms with E-state index in [9.17, 15) is 15.3 Å². The van der Waals surface area contributed by atoms with Crippen molar-refractivity contribution in [3.63, 3.8) is 0 Å². The van der Waals surface area contributed by atoms with Gasteiger partial charge in [0.1, 0.15) is 0 Å². The van der Waals surface area contributed by atoms with Crippen molar-refractivity contribution in [3.8, 4) is 0 Å². The molecule has 6 atom stereocenters.